The van der Waals surface area contributed by atoms with Gasteiger partial charge in [-0.3, -0.25) is 9.59 Å². The van der Waals surface area contributed by atoms with Crippen LogP contribution in [0.25, 0.3) is 0 Å². The van der Waals surface area contributed by atoms with Crippen LogP contribution in [0.5, 0.6) is 17.2 Å². The van der Waals surface area contributed by atoms with Crippen LogP contribution in [0.1, 0.15) is 22.8 Å². The molecule has 0 amide bonds. The molecular weight excluding hydrogens is 355 g/mol. The highest BCUT2D eigenvalue weighted by Crippen LogP contribution is 2.38. The number of hydrogen-bond donors (Lipinski definition) is 0. The van der Waals surface area contributed by atoms with Crippen molar-refractivity contribution in [2.45, 2.75) is 19.4 Å². The van der Waals surface area contributed by atoms with Crippen molar-refractivity contribution < 1.29 is 32.9 Å². The minimum atomic E-state index is -0.995. The van der Waals surface area contributed by atoms with Crippen LogP contribution in [0, 0.1) is 5.82 Å². The maximum Gasteiger partial charge on any atom is 0.310 e. The van der Waals surface area contributed by atoms with Gasteiger partial charge in [-0.05, 0) is 48.9 Å². The number of benzene rings is 2. The van der Waals surface area contributed by atoms with Crippen LogP contribution in [0.15, 0.2) is 36.4 Å². The lowest BCUT2D eigenvalue weighted by atomic mass is 10.1. The van der Waals surface area contributed by atoms with Gasteiger partial charge in [0.25, 0.3) is 0 Å². The fourth-order valence-electron chi connectivity index (χ4n) is 2.55. The Morgan fingerprint density at radius 3 is 2.00 bits per heavy atom. The lowest BCUT2D eigenvalue weighted by Crippen LogP contribution is -2.25. The second-order valence-corrected chi connectivity index (χ2v) is 5.71. The number of esters is 1. The van der Waals surface area contributed by atoms with Gasteiger partial charge in [0.2, 0.25) is 11.5 Å². The average molecular weight is 376 g/mol. The lowest BCUT2D eigenvalue weighted by molar-refractivity contribution is -0.145. The molecule has 27 heavy (non-hydrogen) atoms. The molecule has 2 aromatic carbocycles. The number of methoxy groups -OCH3 is 3. The van der Waals surface area contributed by atoms with E-state index in [1.165, 1.54) is 52.5 Å². The highest BCUT2D eigenvalue weighted by Gasteiger charge is 2.21. The van der Waals surface area contributed by atoms with Crippen molar-refractivity contribution in [3.63, 3.8) is 0 Å². The molecule has 0 aliphatic rings. The Bertz CT molecular complexity index is 791. The summed E-state index contributed by atoms with van der Waals surface area (Å²) in [6.07, 6.45) is -1.08. The largest absolute Gasteiger partial charge is 0.493 e. The Hall–Kier alpha value is -3.09. The molecule has 0 saturated carbocycles. The number of carbonyl (C=O) groups excluding carboxylic acids is 2. The number of rotatable bonds is 8. The quantitative estimate of drug-likeness (QED) is 0.520. The Kier molecular flexibility index (Phi) is 6.76. The number of hydrogen-bond acceptors (Lipinski definition) is 6. The molecule has 0 aromatic heterocycles. The van der Waals surface area contributed by atoms with Crippen LogP contribution in [0.2, 0.25) is 0 Å². The van der Waals surface area contributed by atoms with Crippen molar-refractivity contribution in [3.05, 3.63) is 53.3 Å². The zero-order valence-electron chi connectivity index (χ0n) is 15.6. The molecule has 0 spiro atoms. The zero-order valence-corrected chi connectivity index (χ0v) is 15.6. The molecule has 0 fully saturated rings. The molecule has 1 atom stereocenters. The van der Waals surface area contributed by atoms with E-state index in [1.807, 2.05) is 0 Å². The smallest absolute Gasteiger partial charge is 0.310 e. The van der Waals surface area contributed by atoms with Crippen molar-refractivity contribution in [2.24, 2.45) is 0 Å². The van der Waals surface area contributed by atoms with Crippen LogP contribution in [0.3, 0.4) is 0 Å². The van der Waals surface area contributed by atoms with E-state index in [2.05, 4.69) is 0 Å². The van der Waals surface area contributed by atoms with Gasteiger partial charge in [-0.2, -0.15) is 0 Å². The summed E-state index contributed by atoms with van der Waals surface area (Å²) >= 11 is 0. The molecule has 0 aliphatic carbocycles. The molecule has 7 heteroatoms. The molecular formula is C20H21FO6. The summed E-state index contributed by atoms with van der Waals surface area (Å²) < 4.78 is 33.9. The molecule has 0 aliphatic heterocycles. The van der Waals surface area contributed by atoms with Gasteiger partial charge in [0, 0.05) is 5.56 Å². The van der Waals surface area contributed by atoms with Crippen LogP contribution < -0.4 is 14.2 Å². The van der Waals surface area contributed by atoms with E-state index >= 15 is 0 Å². The first kappa shape index (κ1) is 20.2. The van der Waals surface area contributed by atoms with Gasteiger partial charge in [0.15, 0.2) is 17.6 Å². The molecule has 0 saturated heterocycles. The first-order chi connectivity index (χ1) is 12.9. The molecule has 0 radical (unpaired) electrons. The van der Waals surface area contributed by atoms with Crippen molar-refractivity contribution >= 4 is 11.8 Å². The lowest BCUT2D eigenvalue weighted by Gasteiger charge is -2.15. The average Bonchev–Trinajstić information content (AvgIpc) is 2.66. The van der Waals surface area contributed by atoms with Crippen molar-refractivity contribution in [2.75, 3.05) is 21.3 Å². The summed E-state index contributed by atoms with van der Waals surface area (Å²) in [6.45, 7) is 1.47. The van der Waals surface area contributed by atoms with Gasteiger partial charge >= 0.3 is 5.97 Å². The van der Waals surface area contributed by atoms with Gasteiger partial charge < -0.3 is 18.9 Å². The third-order valence-corrected chi connectivity index (χ3v) is 3.88. The van der Waals surface area contributed by atoms with E-state index in [1.54, 1.807) is 12.1 Å². The maximum absolute atomic E-state index is 13.0. The molecule has 2 rings (SSSR count). The monoisotopic (exact) mass is 376 g/mol. The van der Waals surface area contributed by atoms with Crippen molar-refractivity contribution in [3.8, 4) is 17.2 Å². The van der Waals surface area contributed by atoms with E-state index in [4.69, 9.17) is 18.9 Å². The van der Waals surface area contributed by atoms with Gasteiger partial charge in [0.05, 0.1) is 27.8 Å². The summed E-state index contributed by atoms with van der Waals surface area (Å²) in [5.74, 6) is -0.207. The second kappa shape index (κ2) is 9.02. The number of Topliss-reactive ketones (excluding diaryl/α,β-unsaturated/α-hetero) is 1. The first-order valence-electron chi connectivity index (χ1n) is 8.17. The fraction of sp³-hybridized carbons (Fsp3) is 0.300. The molecule has 0 N–H and O–H groups in total. The SMILES string of the molecule is COc1cc(CC(=O)O[C@@H](C)C(=O)c2ccc(F)cc2)cc(OC)c1OC. The van der Waals surface area contributed by atoms with Gasteiger partial charge in [0.1, 0.15) is 5.82 Å². The topological polar surface area (TPSA) is 71.1 Å². The van der Waals surface area contributed by atoms with Crippen LogP contribution in [0.4, 0.5) is 4.39 Å². The summed E-state index contributed by atoms with van der Waals surface area (Å²) in [5.41, 5.74) is 0.848. The molecule has 6 nitrogen and oxygen atoms in total. The van der Waals surface area contributed by atoms with E-state index < -0.39 is 23.7 Å². The second-order valence-electron chi connectivity index (χ2n) is 5.71. The summed E-state index contributed by atoms with van der Waals surface area (Å²) in [7, 11) is 4.43. The maximum atomic E-state index is 13.0. The highest BCUT2D eigenvalue weighted by molar-refractivity contribution is 6.00. The summed E-state index contributed by atoms with van der Waals surface area (Å²) in [5, 5.41) is 0. The van der Waals surface area contributed by atoms with Gasteiger partial charge in [-0.1, -0.05) is 0 Å². The van der Waals surface area contributed by atoms with E-state index in [0.717, 1.165) is 0 Å². The van der Waals surface area contributed by atoms with E-state index in [-0.39, 0.29) is 12.0 Å². The van der Waals surface area contributed by atoms with Crippen LogP contribution >= 0.6 is 0 Å². The van der Waals surface area contributed by atoms with Crippen LogP contribution in [-0.4, -0.2) is 39.2 Å². The fourth-order valence-corrected chi connectivity index (χ4v) is 2.55. The third-order valence-electron chi connectivity index (χ3n) is 3.88. The first-order valence-corrected chi connectivity index (χ1v) is 8.17. The molecule has 0 unspecified atom stereocenters. The normalized spacial score (nSPS) is 11.4. The van der Waals surface area contributed by atoms with E-state index in [0.29, 0.717) is 22.8 Å². The predicted octanol–water partition coefficient (Wildman–Crippen LogP) is 3.21. The van der Waals surface area contributed by atoms with Gasteiger partial charge in [-0.25, -0.2) is 4.39 Å². The molecule has 0 heterocycles. The number of ether oxygens (including phenoxy) is 4. The van der Waals surface area contributed by atoms with Gasteiger partial charge in [-0.15, -0.1) is 0 Å². The van der Waals surface area contributed by atoms with Crippen molar-refractivity contribution in [1.29, 1.82) is 0 Å². The van der Waals surface area contributed by atoms with Crippen molar-refractivity contribution in [1.82, 2.24) is 0 Å². The molecule has 2 aromatic rings. The van der Waals surface area contributed by atoms with E-state index in [9.17, 15) is 14.0 Å². The standard InChI is InChI=1S/C20H21FO6/c1-12(19(23)14-5-7-15(21)8-6-14)27-18(22)11-13-9-16(24-2)20(26-4)17(10-13)25-3/h5-10,12H,11H2,1-4H3/t12-/m0/s1. The Labute approximate surface area is 156 Å². The number of ketones is 1. The zero-order chi connectivity index (χ0) is 20.0. The Balaban J connectivity index is 2.08. The molecule has 144 valence electrons. The third kappa shape index (κ3) is 4.97. The number of halogens is 1. The molecule has 0 bridgehead atoms. The Morgan fingerprint density at radius 2 is 1.52 bits per heavy atom. The van der Waals surface area contributed by atoms with Crippen LogP contribution in [-0.2, 0) is 16.0 Å². The highest BCUT2D eigenvalue weighted by atomic mass is 19.1. The Morgan fingerprint density at radius 1 is 0.963 bits per heavy atom. The minimum Gasteiger partial charge on any atom is -0.493 e. The number of carbonyl (C=O) groups is 2. The minimum absolute atomic E-state index is 0.0856. The summed E-state index contributed by atoms with van der Waals surface area (Å²) in [4.78, 5) is 24.5. The predicted molar refractivity (Wildman–Crippen MR) is 96.1 cm³/mol. The summed E-state index contributed by atoms with van der Waals surface area (Å²) in [6, 6.07) is 8.32.